The quantitative estimate of drug-likeness (QED) is 0.774. The molecule has 13 heavy (non-hydrogen) atoms. The third-order valence-corrected chi connectivity index (χ3v) is 1.51. The van der Waals surface area contributed by atoms with E-state index in [1.54, 1.807) is 12.1 Å². The molecule has 0 radical (unpaired) electrons. The van der Waals surface area contributed by atoms with Crippen molar-refractivity contribution in [1.82, 2.24) is 0 Å². The van der Waals surface area contributed by atoms with E-state index in [2.05, 4.69) is 11.9 Å². The lowest BCUT2D eigenvalue weighted by Gasteiger charge is -2.07. The molecule has 0 saturated carbocycles. The van der Waals surface area contributed by atoms with Gasteiger partial charge in [0.05, 0.1) is 7.11 Å². The van der Waals surface area contributed by atoms with E-state index >= 15 is 0 Å². The van der Waals surface area contributed by atoms with Crippen LogP contribution >= 0.6 is 0 Å². The van der Waals surface area contributed by atoms with Gasteiger partial charge >= 0.3 is 0 Å². The van der Waals surface area contributed by atoms with E-state index in [1.807, 2.05) is 6.92 Å². The Bertz CT molecular complexity index is 323. The van der Waals surface area contributed by atoms with Crippen molar-refractivity contribution >= 4 is 5.69 Å². The van der Waals surface area contributed by atoms with Crippen molar-refractivity contribution in [2.24, 2.45) is 0 Å². The summed E-state index contributed by atoms with van der Waals surface area (Å²) in [4.78, 5) is 0. The Hall–Kier alpha value is -1.51. The fraction of sp³-hybridized carbons (Fsp3) is 0.200. The van der Waals surface area contributed by atoms with Crippen molar-refractivity contribution in [2.45, 2.75) is 6.92 Å². The lowest BCUT2D eigenvalue weighted by Crippen LogP contribution is -1.95. The van der Waals surface area contributed by atoms with Crippen molar-refractivity contribution in [3.05, 3.63) is 36.3 Å². The van der Waals surface area contributed by atoms with E-state index in [-0.39, 0.29) is 11.6 Å². The predicted octanol–water partition coefficient (Wildman–Crippen LogP) is 2.78. The second-order valence-electron chi connectivity index (χ2n) is 2.75. The summed E-state index contributed by atoms with van der Waals surface area (Å²) in [6, 6.07) is 4.67. The molecule has 3 heteroatoms. The van der Waals surface area contributed by atoms with Gasteiger partial charge in [0.1, 0.15) is 0 Å². The summed E-state index contributed by atoms with van der Waals surface area (Å²) in [6.07, 6.45) is 0. The van der Waals surface area contributed by atoms with Gasteiger partial charge < -0.3 is 10.1 Å². The Balaban J connectivity index is 2.89. The van der Waals surface area contributed by atoms with Gasteiger partial charge in [0.25, 0.3) is 0 Å². The first-order valence-corrected chi connectivity index (χ1v) is 3.89. The first-order valence-electron chi connectivity index (χ1n) is 3.89. The first kappa shape index (κ1) is 9.58. The number of hydrogen-bond donors (Lipinski definition) is 1. The summed E-state index contributed by atoms with van der Waals surface area (Å²) in [7, 11) is 1.43. The van der Waals surface area contributed by atoms with Crippen LogP contribution in [-0.2, 0) is 0 Å². The van der Waals surface area contributed by atoms with Crippen LogP contribution in [0.1, 0.15) is 6.92 Å². The third kappa shape index (κ3) is 2.47. The molecule has 0 bridgehead atoms. The van der Waals surface area contributed by atoms with Crippen molar-refractivity contribution < 1.29 is 9.13 Å². The maximum atomic E-state index is 13.1. The SMILES string of the molecule is C=C(C)Nc1ccc(OC)c(F)c1. The molecule has 1 N–H and O–H groups in total. The highest BCUT2D eigenvalue weighted by atomic mass is 19.1. The fourth-order valence-electron chi connectivity index (χ4n) is 0.991. The molecule has 0 amide bonds. The molecule has 0 spiro atoms. The van der Waals surface area contributed by atoms with E-state index in [0.717, 1.165) is 5.70 Å². The van der Waals surface area contributed by atoms with Gasteiger partial charge in [-0.25, -0.2) is 4.39 Å². The van der Waals surface area contributed by atoms with Crippen LogP contribution in [0.2, 0.25) is 0 Å². The highest BCUT2D eigenvalue weighted by molar-refractivity contribution is 5.50. The van der Waals surface area contributed by atoms with Gasteiger partial charge in [0, 0.05) is 17.5 Å². The van der Waals surface area contributed by atoms with Gasteiger partial charge in [-0.05, 0) is 19.1 Å². The summed E-state index contributed by atoms with van der Waals surface area (Å²) >= 11 is 0. The zero-order valence-electron chi connectivity index (χ0n) is 7.73. The summed E-state index contributed by atoms with van der Waals surface area (Å²) in [5.41, 5.74) is 1.44. The highest BCUT2D eigenvalue weighted by Gasteiger charge is 2.02. The molecule has 0 fully saturated rings. The van der Waals surface area contributed by atoms with Gasteiger partial charge in [-0.2, -0.15) is 0 Å². The second kappa shape index (κ2) is 3.94. The van der Waals surface area contributed by atoms with Crippen molar-refractivity contribution in [1.29, 1.82) is 0 Å². The number of ether oxygens (including phenoxy) is 1. The van der Waals surface area contributed by atoms with Crippen molar-refractivity contribution in [3.63, 3.8) is 0 Å². The number of hydrogen-bond acceptors (Lipinski definition) is 2. The minimum Gasteiger partial charge on any atom is -0.494 e. The summed E-state index contributed by atoms with van der Waals surface area (Å²) in [5, 5.41) is 2.91. The molecule has 0 unspecified atom stereocenters. The molecule has 0 heterocycles. The zero-order valence-corrected chi connectivity index (χ0v) is 7.73. The van der Waals surface area contributed by atoms with E-state index < -0.39 is 0 Å². The Kier molecular flexibility index (Phi) is 2.90. The molecule has 1 rings (SSSR count). The standard InChI is InChI=1S/C10H12FNO/c1-7(2)12-8-4-5-10(13-3)9(11)6-8/h4-6,12H,1H2,2-3H3. The average Bonchev–Trinajstić information content (AvgIpc) is 2.03. The number of benzene rings is 1. The number of allylic oxidation sites excluding steroid dienone is 1. The molecule has 0 atom stereocenters. The van der Waals surface area contributed by atoms with Crippen LogP contribution in [0.3, 0.4) is 0 Å². The molecular weight excluding hydrogens is 169 g/mol. The van der Waals surface area contributed by atoms with E-state index in [0.29, 0.717) is 5.69 Å². The summed E-state index contributed by atoms with van der Waals surface area (Å²) < 4.78 is 17.9. The number of methoxy groups -OCH3 is 1. The lowest BCUT2D eigenvalue weighted by atomic mass is 10.3. The van der Waals surface area contributed by atoms with Crippen LogP contribution in [-0.4, -0.2) is 7.11 Å². The Morgan fingerprint density at radius 1 is 1.54 bits per heavy atom. The van der Waals surface area contributed by atoms with Gasteiger partial charge in [0.15, 0.2) is 11.6 Å². The molecule has 0 saturated heterocycles. The van der Waals surface area contributed by atoms with Gasteiger partial charge in [0.2, 0.25) is 0 Å². The largest absolute Gasteiger partial charge is 0.494 e. The smallest absolute Gasteiger partial charge is 0.167 e. The van der Waals surface area contributed by atoms with E-state index in [1.165, 1.54) is 13.2 Å². The molecule has 70 valence electrons. The van der Waals surface area contributed by atoms with E-state index in [9.17, 15) is 4.39 Å². The van der Waals surface area contributed by atoms with Crippen LogP contribution in [0.25, 0.3) is 0 Å². The van der Waals surface area contributed by atoms with Crippen LogP contribution in [0.5, 0.6) is 5.75 Å². The van der Waals surface area contributed by atoms with Gasteiger partial charge in [-0.1, -0.05) is 6.58 Å². The monoisotopic (exact) mass is 181 g/mol. The van der Waals surface area contributed by atoms with Gasteiger partial charge in [-0.3, -0.25) is 0 Å². The fourth-order valence-corrected chi connectivity index (χ4v) is 0.991. The maximum absolute atomic E-state index is 13.1. The summed E-state index contributed by atoms with van der Waals surface area (Å²) in [6.45, 7) is 5.47. The minimum atomic E-state index is -0.381. The molecule has 0 aromatic heterocycles. The lowest BCUT2D eigenvalue weighted by molar-refractivity contribution is 0.386. The molecule has 0 aliphatic carbocycles. The average molecular weight is 181 g/mol. The normalized spacial score (nSPS) is 9.46. The first-order chi connectivity index (χ1) is 6.13. The molecule has 1 aromatic rings. The molecule has 1 aromatic carbocycles. The number of nitrogens with one attached hydrogen (secondary N) is 1. The highest BCUT2D eigenvalue weighted by Crippen LogP contribution is 2.21. The topological polar surface area (TPSA) is 21.3 Å². The zero-order chi connectivity index (χ0) is 9.84. The van der Waals surface area contributed by atoms with Crippen LogP contribution < -0.4 is 10.1 Å². The third-order valence-electron chi connectivity index (χ3n) is 1.51. The van der Waals surface area contributed by atoms with Gasteiger partial charge in [-0.15, -0.1) is 0 Å². The number of anilines is 1. The van der Waals surface area contributed by atoms with Crippen LogP contribution in [0.15, 0.2) is 30.5 Å². The summed E-state index contributed by atoms with van der Waals surface area (Å²) in [5.74, 6) is -0.138. The molecule has 0 aliphatic rings. The van der Waals surface area contributed by atoms with Crippen molar-refractivity contribution in [2.75, 3.05) is 12.4 Å². The predicted molar refractivity (Wildman–Crippen MR) is 51.4 cm³/mol. The molecule has 0 aliphatic heterocycles. The molecular formula is C10H12FNO. The minimum absolute atomic E-state index is 0.243. The van der Waals surface area contributed by atoms with Crippen LogP contribution in [0, 0.1) is 5.82 Å². The van der Waals surface area contributed by atoms with Crippen molar-refractivity contribution in [3.8, 4) is 5.75 Å². The number of halogens is 1. The molecule has 2 nitrogen and oxygen atoms in total. The van der Waals surface area contributed by atoms with Crippen LogP contribution in [0.4, 0.5) is 10.1 Å². The van der Waals surface area contributed by atoms with E-state index in [4.69, 9.17) is 4.74 Å². The Labute approximate surface area is 77.0 Å². The second-order valence-corrected chi connectivity index (χ2v) is 2.75. The number of rotatable bonds is 3. The maximum Gasteiger partial charge on any atom is 0.167 e. The Morgan fingerprint density at radius 3 is 2.69 bits per heavy atom. The Morgan fingerprint density at radius 2 is 2.23 bits per heavy atom.